The van der Waals surface area contributed by atoms with Crippen molar-refractivity contribution in [3.05, 3.63) is 68.6 Å². The molecule has 0 radical (unpaired) electrons. The van der Waals surface area contributed by atoms with E-state index >= 15 is 0 Å². The quantitative estimate of drug-likeness (QED) is 0.428. The second kappa shape index (κ2) is 10.1. The van der Waals surface area contributed by atoms with Gasteiger partial charge in [-0.3, -0.25) is 9.59 Å². The highest BCUT2D eigenvalue weighted by atomic mass is 16.5. The topological polar surface area (TPSA) is 78.2 Å². The molecule has 7 heteroatoms. The molecule has 0 unspecified atom stereocenters. The van der Waals surface area contributed by atoms with E-state index in [4.69, 9.17) is 18.6 Å². The molecule has 1 aliphatic rings. The molecule has 4 rings (SSSR count). The van der Waals surface area contributed by atoms with Gasteiger partial charge in [0.25, 0.3) is 5.91 Å². The molecule has 2 aromatic carbocycles. The molecule has 1 aliphatic heterocycles. The molecule has 0 aliphatic carbocycles. The van der Waals surface area contributed by atoms with Crippen LogP contribution in [-0.4, -0.2) is 44.8 Å². The molecule has 7 nitrogen and oxygen atoms in total. The molecule has 3 aromatic rings. The minimum atomic E-state index is -0.617. The van der Waals surface area contributed by atoms with Crippen molar-refractivity contribution >= 4 is 16.9 Å². The minimum absolute atomic E-state index is 0.0862. The van der Waals surface area contributed by atoms with E-state index in [1.807, 2.05) is 44.2 Å². The molecule has 186 valence electrons. The first-order valence-electron chi connectivity index (χ1n) is 11.9. The van der Waals surface area contributed by atoms with Crippen molar-refractivity contribution in [2.75, 3.05) is 34.0 Å². The van der Waals surface area contributed by atoms with Crippen molar-refractivity contribution in [1.29, 1.82) is 0 Å². The van der Waals surface area contributed by atoms with Gasteiger partial charge in [-0.2, -0.15) is 0 Å². The summed E-state index contributed by atoms with van der Waals surface area (Å²) in [5.41, 5.74) is 3.31. The van der Waals surface area contributed by atoms with E-state index in [9.17, 15) is 9.59 Å². The van der Waals surface area contributed by atoms with E-state index < -0.39 is 6.04 Å². The second-order valence-corrected chi connectivity index (χ2v) is 9.44. The van der Waals surface area contributed by atoms with Crippen molar-refractivity contribution in [3.63, 3.8) is 0 Å². The largest absolute Gasteiger partial charge is 0.493 e. The van der Waals surface area contributed by atoms with Crippen molar-refractivity contribution in [2.45, 2.75) is 40.2 Å². The summed E-state index contributed by atoms with van der Waals surface area (Å²) in [6.07, 6.45) is 0.924. The fourth-order valence-corrected chi connectivity index (χ4v) is 4.42. The first-order valence-corrected chi connectivity index (χ1v) is 11.9. The van der Waals surface area contributed by atoms with Gasteiger partial charge in [-0.05, 0) is 67.1 Å². The Hall–Kier alpha value is -3.32. The highest BCUT2D eigenvalue weighted by Gasteiger charge is 2.42. The van der Waals surface area contributed by atoms with Gasteiger partial charge in [-0.1, -0.05) is 19.9 Å². The number of ether oxygens (including phenoxy) is 3. The smallest absolute Gasteiger partial charge is 0.290 e. The van der Waals surface area contributed by atoms with Gasteiger partial charge in [0, 0.05) is 13.7 Å². The van der Waals surface area contributed by atoms with Gasteiger partial charge in [0.05, 0.1) is 37.3 Å². The standard InChI is InChI=1S/C28H33NO6/c1-16(2)9-11-34-21-8-7-19(15-23(21)33-6)25-24-26(30)20-13-17(3)18(4)14-22(20)35-27(24)28(31)29(25)10-12-32-5/h7-8,13-16,25H,9-12H2,1-6H3/t25-/m0/s1. The lowest BCUT2D eigenvalue weighted by Gasteiger charge is -2.25. The van der Waals surface area contributed by atoms with Crippen LogP contribution >= 0.6 is 0 Å². The van der Waals surface area contributed by atoms with Crippen LogP contribution in [-0.2, 0) is 4.74 Å². The Morgan fingerprint density at radius 1 is 1.00 bits per heavy atom. The third-order valence-electron chi connectivity index (χ3n) is 6.57. The number of hydrogen-bond donors (Lipinski definition) is 0. The summed E-state index contributed by atoms with van der Waals surface area (Å²) >= 11 is 0. The van der Waals surface area contributed by atoms with E-state index in [2.05, 4.69) is 13.8 Å². The van der Waals surface area contributed by atoms with E-state index in [-0.39, 0.29) is 17.1 Å². The average molecular weight is 480 g/mol. The summed E-state index contributed by atoms with van der Waals surface area (Å²) in [5, 5.41) is 0.471. The van der Waals surface area contributed by atoms with Crippen molar-refractivity contribution < 1.29 is 23.4 Å². The van der Waals surface area contributed by atoms with Crippen LogP contribution in [0.5, 0.6) is 11.5 Å². The first kappa shape index (κ1) is 24.8. The summed E-state index contributed by atoms with van der Waals surface area (Å²) in [6, 6.07) is 8.59. The molecule has 0 spiro atoms. The molecule has 1 aromatic heterocycles. The summed E-state index contributed by atoms with van der Waals surface area (Å²) in [7, 11) is 3.16. The molecule has 1 atom stereocenters. The fraction of sp³-hybridized carbons (Fsp3) is 0.429. The molecular formula is C28H33NO6. The van der Waals surface area contributed by atoms with Crippen molar-refractivity contribution in [1.82, 2.24) is 4.90 Å². The highest BCUT2D eigenvalue weighted by Crippen LogP contribution is 2.41. The zero-order valence-corrected chi connectivity index (χ0v) is 21.3. The van der Waals surface area contributed by atoms with Gasteiger partial charge in [0.15, 0.2) is 16.9 Å². The molecule has 0 N–H and O–H groups in total. The van der Waals surface area contributed by atoms with Crippen LogP contribution in [0.3, 0.4) is 0 Å². The number of hydrogen-bond acceptors (Lipinski definition) is 6. The molecule has 0 bridgehead atoms. The number of nitrogens with zero attached hydrogens (tertiary/aromatic N) is 1. The second-order valence-electron chi connectivity index (χ2n) is 9.44. The lowest BCUT2D eigenvalue weighted by Crippen LogP contribution is -2.32. The number of methoxy groups -OCH3 is 2. The third-order valence-corrected chi connectivity index (χ3v) is 6.57. The number of carbonyl (C=O) groups is 1. The van der Waals surface area contributed by atoms with Crippen LogP contribution in [0.25, 0.3) is 11.0 Å². The molecule has 35 heavy (non-hydrogen) atoms. The average Bonchev–Trinajstić information content (AvgIpc) is 3.10. The Bertz CT molecular complexity index is 1310. The SMILES string of the molecule is COCCN1C(=O)c2oc3cc(C)c(C)cc3c(=O)c2[C@@H]1c1ccc(OCCC(C)C)c(OC)c1. The van der Waals surface area contributed by atoms with Gasteiger partial charge in [0.1, 0.15) is 5.58 Å². The van der Waals surface area contributed by atoms with Gasteiger partial charge in [-0.15, -0.1) is 0 Å². The van der Waals surface area contributed by atoms with Crippen LogP contribution in [0.1, 0.15) is 59.1 Å². The molecular weight excluding hydrogens is 446 g/mol. The van der Waals surface area contributed by atoms with Gasteiger partial charge < -0.3 is 23.5 Å². The van der Waals surface area contributed by atoms with Crippen LogP contribution < -0.4 is 14.9 Å². The normalized spacial score (nSPS) is 15.2. The Morgan fingerprint density at radius 3 is 2.43 bits per heavy atom. The summed E-state index contributed by atoms with van der Waals surface area (Å²) < 4.78 is 22.9. The maximum atomic E-state index is 13.7. The van der Waals surface area contributed by atoms with E-state index in [1.165, 1.54) is 0 Å². The molecule has 2 heterocycles. The Kier molecular flexibility index (Phi) is 7.17. The molecule has 0 saturated carbocycles. The lowest BCUT2D eigenvalue weighted by atomic mass is 9.97. The molecule has 1 amide bonds. The van der Waals surface area contributed by atoms with E-state index in [0.717, 1.165) is 23.1 Å². The van der Waals surface area contributed by atoms with E-state index in [1.54, 1.807) is 19.1 Å². The lowest BCUT2D eigenvalue weighted by molar-refractivity contribution is 0.0663. The van der Waals surface area contributed by atoms with Gasteiger partial charge in [0.2, 0.25) is 5.76 Å². The van der Waals surface area contributed by atoms with Crippen LogP contribution in [0.4, 0.5) is 0 Å². The fourth-order valence-electron chi connectivity index (χ4n) is 4.42. The zero-order chi connectivity index (χ0) is 25.3. The van der Waals surface area contributed by atoms with Crippen LogP contribution in [0.15, 0.2) is 39.5 Å². The van der Waals surface area contributed by atoms with Crippen LogP contribution in [0, 0.1) is 19.8 Å². The predicted molar refractivity (Wildman–Crippen MR) is 135 cm³/mol. The Labute approximate surface area is 205 Å². The number of aryl methyl sites for hydroxylation is 2. The number of fused-ring (bicyclic) bond motifs is 2. The third kappa shape index (κ3) is 4.65. The van der Waals surface area contributed by atoms with E-state index in [0.29, 0.717) is 53.7 Å². The number of benzene rings is 2. The monoisotopic (exact) mass is 479 g/mol. The molecule has 0 saturated heterocycles. The van der Waals surface area contributed by atoms with Crippen molar-refractivity contribution in [3.8, 4) is 11.5 Å². The molecule has 0 fully saturated rings. The van der Waals surface area contributed by atoms with Crippen molar-refractivity contribution in [2.24, 2.45) is 5.92 Å². The predicted octanol–water partition coefficient (Wildman–Crippen LogP) is 5.03. The minimum Gasteiger partial charge on any atom is -0.493 e. The van der Waals surface area contributed by atoms with Crippen LogP contribution in [0.2, 0.25) is 0 Å². The van der Waals surface area contributed by atoms with Gasteiger partial charge in [-0.25, -0.2) is 0 Å². The summed E-state index contributed by atoms with van der Waals surface area (Å²) in [4.78, 5) is 28.8. The zero-order valence-electron chi connectivity index (χ0n) is 21.3. The number of carbonyl (C=O) groups excluding carboxylic acids is 1. The maximum absolute atomic E-state index is 13.7. The Balaban J connectivity index is 1.84. The summed E-state index contributed by atoms with van der Waals surface area (Å²) in [6.45, 7) is 9.41. The highest BCUT2D eigenvalue weighted by molar-refractivity contribution is 5.99. The number of amides is 1. The maximum Gasteiger partial charge on any atom is 0.290 e. The first-order chi connectivity index (χ1) is 16.8. The summed E-state index contributed by atoms with van der Waals surface area (Å²) in [5.74, 6) is 1.47. The van der Waals surface area contributed by atoms with Gasteiger partial charge >= 0.3 is 0 Å². The Morgan fingerprint density at radius 2 is 1.74 bits per heavy atom. The number of rotatable bonds is 9.